The maximum absolute atomic E-state index is 5.33. The van der Waals surface area contributed by atoms with Crippen LogP contribution in [0.15, 0.2) is 0 Å². The van der Waals surface area contributed by atoms with Crippen LogP contribution in [0, 0.1) is 0 Å². The predicted molar refractivity (Wildman–Crippen MR) is 41.9 cm³/mol. The molecule has 0 amide bonds. The fraction of sp³-hybridized carbons (Fsp3) is 1.00. The molecule has 0 atom stereocenters. The lowest BCUT2D eigenvalue weighted by molar-refractivity contribution is -0.0560. The number of ether oxygens (including phenoxy) is 1. The van der Waals surface area contributed by atoms with E-state index in [9.17, 15) is 0 Å². The minimum atomic E-state index is 0.278. The topological polar surface area (TPSA) is 12.5 Å². The molecule has 0 saturated carbocycles. The molecule has 1 fully saturated rings. The van der Waals surface area contributed by atoms with Crippen molar-refractivity contribution in [2.45, 2.75) is 32.7 Å². The van der Waals surface area contributed by atoms with Crippen LogP contribution < -0.4 is 0 Å². The summed E-state index contributed by atoms with van der Waals surface area (Å²) < 4.78 is 5.33. The average Bonchev–Trinajstić information content (AvgIpc) is 1.88. The van der Waals surface area contributed by atoms with Crippen molar-refractivity contribution in [3.8, 4) is 0 Å². The van der Waals surface area contributed by atoms with Crippen molar-refractivity contribution in [2.75, 3.05) is 19.9 Å². The highest BCUT2D eigenvalue weighted by molar-refractivity contribution is 4.75. The third-order valence-corrected chi connectivity index (χ3v) is 1.91. The second kappa shape index (κ2) is 2.89. The smallest absolute Gasteiger partial charge is 0.0994 e. The molecule has 2 heteroatoms. The highest BCUT2D eigenvalue weighted by Gasteiger charge is 2.22. The van der Waals surface area contributed by atoms with Crippen LogP contribution in [0.5, 0.6) is 0 Å². The van der Waals surface area contributed by atoms with E-state index in [2.05, 4.69) is 25.7 Å². The molecule has 1 heterocycles. The number of nitrogens with zero attached hydrogens (tertiary/aromatic N) is 1. The predicted octanol–water partition coefficient (Wildman–Crippen LogP) is 1.46. The zero-order chi connectivity index (χ0) is 7.61. The molecule has 0 aliphatic carbocycles. The van der Waals surface area contributed by atoms with E-state index in [0.717, 1.165) is 13.3 Å². The van der Waals surface area contributed by atoms with Crippen molar-refractivity contribution in [1.82, 2.24) is 4.90 Å². The fourth-order valence-electron chi connectivity index (χ4n) is 1.13. The molecule has 1 rings (SSSR count). The Hall–Kier alpha value is -0.0800. The lowest BCUT2D eigenvalue weighted by Crippen LogP contribution is -2.46. The van der Waals surface area contributed by atoms with E-state index >= 15 is 0 Å². The second-order valence-corrected chi connectivity index (χ2v) is 3.83. The van der Waals surface area contributed by atoms with Crippen LogP contribution in [0.1, 0.15) is 27.2 Å². The summed E-state index contributed by atoms with van der Waals surface area (Å²) in [7, 11) is 0. The first-order chi connectivity index (χ1) is 4.61. The fourth-order valence-corrected chi connectivity index (χ4v) is 1.13. The Bertz CT molecular complexity index is 100. The Kier molecular flexibility index (Phi) is 2.32. The molecule has 0 aromatic heterocycles. The summed E-state index contributed by atoms with van der Waals surface area (Å²) in [5, 5.41) is 0. The highest BCUT2D eigenvalue weighted by Crippen LogP contribution is 2.15. The Morgan fingerprint density at radius 3 is 2.30 bits per heavy atom. The van der Waals surface area contributed by atoms with Crippen molar-refractivity contribution >= 4 is 0 Å². The SMILES string of the molecule is CC(C)(C)N1CCCOC1. The molecular weight excluding hydrogens is 126 g/mol. The van der Waals surface area contributed by atoms with Crippen molar-refractivity contribution in [3.63, 3.8) is 0 Å². The molecule has 0 aromatic carbocycles. The Morgan fingerprint density at radius 1 is 1.30 bits per heavy atom. The first-order valence-corrected chi connectivity index (χ1v) is 3.93. The Labute approximate surface area is 63.2 Å². The Morgan fingerprint density at radius 2 is 2.00 bits per heavy atom. The van der Waals surface area contributed by atoms with Crippen molar-refractivity contribution in [1.29, 1.82) is 0 Å². The van der Waals surface area contributed by atoms with Gasteiger partial charge < -0.3 is 4.74 Å². The molecule has 0 unspecified atom stereocenters. The van der Waals surface area contributed by atoms with Gasteiger partial charge in [0.15, 0.2) is 0 Å². The lowest BCUT2D eigenvalue weighted by atomic mass is 10.1. The van der Waals surface area contributed by atoms with E-state index in [0.29, 0.717) is 0 Å². The van der Waals surface area contributed by atoms with Gasteiger partial charge >= 0.3 is 0 Å². The van der Waals surface area contributed by atoms with Crippen LogP contribution in [0.3, 0.4) is 0 Å². The molecule has 0 spiro atoms. The molecule has 0 aromatic rings. The van der Waals surface area contributed by atoms with Gasteiger partial charge in [-0.25, -0.2) is 0 Å². The maximum Gasteiger partial charge on any atom is 0.0994 e. The van der Waals surface area contributed by atoms with Gasteiger partial charge in [-0.3, -0.25) is 4.90 Å². The summed E-state index contributed by atoms with van der Waals surface area (Å²) in [6, 6.07) is 0. The van der Waals surface area contributed by atoms with Crippen molar-refractivity contribution in [3.05, 3.63) is 0 Å². The van der Waals surface area contributed by atoms with Gasteiger partial charge in [0.05, 0.1) is 6.73 Å². The summed E-state index contributed by atoms with van der Waals surface area (Å²) in [6.45, 7) is 9.60. The highest BCUT2D eigenvalue weighted by atomic mass is 16.5. The van der Waals surface area contributed by atoms with Crippen LogP contribution in [-0.2, 0) is 4.74 Å². The third-order valence-electron chi connectivity index (χ3n) is 1.91. The van der Waals surface area contributed by atoms with Crippen molar-refractivity contribution in [2.24, 2.45) is 0 Å². The van der Waals surface area contributed by atoms with Crippen LogP contribution in [-0.4, -0.2) is 30.3 Å². The van der Waals surface area contributed by atoms with E-state index in [4.69, 9.17) is 4.74 Å². The normalized spacial score (nSPS) is 23.1. The van der Waals surface area contributed by atoms with Crippen LogP contribution in [0.2, 0.25) is 0 Å². The molecule has 10 heavy (non-hydrogen) atoms. The van der Waals surface area contributed by atoms with E-state index in [-0.39, 0.29) is 5.54 Å². The first kappa shape index (κ1) is 8.02. The van der Waals surface area contributed by atoms with Gasteiger partial charge in [-0.2, -0.15) is 0 Å². The summed E-state index contributed by atoms with van der Waals surface area (Å²) in [5.41, 5.74) is 0.278. The minimum absolute atomic E-state index is 0.278. The number of hydrogen-bond donors (Lipinski definition) is 0. The van der Waals surface area contributed by atoms with E-state index in [1.165, 1.54) is 13.0 Å². The van der Waals surface area contributed by atoms with Gasteiger partial charge in [0.25, 0.3) is 0 Å². The van der Waals surface area contributed by atoms with Crippen molar-refractivity contribution < 1.29 is 4.74 Å². The van der Waals surface area contributed by atoms with Gasteiger partial charge in [-0.1, -0.05) is 0 Å². The molecule has 1 aliphatic rings. The van der Waals surface area contributed by atoms with Gasteiger partial charge in [-0.15, -0.1) is 0 Å². The van der Waals surface area contributed by atoms with E-state index < -0.39 is 0 Å². The lowest BCUT2D eigenvalue weighted by Gasteiger charge is -2.37. The first-order valence-electron chi connectivity index (χ1n) is 3.93. The van der Waals surface area contributed by atoms with Gasteiger partial charge in [0.1, 0.15) is 0 Å². The summed E-state index contributed by atoms with van der Waals surface area (Å²) in [5.74, 6) is 0. The molecule has 0 radical (unpaired) electrons. The number of rotatable bonds is 0. The average molecular weight is 143 g/mol. The molecular formula is C8H17NO. The summed E-state index contributed by atoms with van der Waals surface area (Å²) in [6.07, 6.45) is 1.18. The van der Waals surface area contributed by atoms with Gasteiger partial charge in [0, 0.05) is 18.7 Å². The van der Waals surface area contributed by atoms with Gasteiger partial charge in [0.2, 0.25) is 0 Å². The molecule has 0 bridgehead atoms. The van der Waals surface area contributed by atoms with Crippen LogP contribution in [0.25, 0.3) is 0 Å². The zero-order valence-electron chi connectivity index (χ0n) is 7.18. The molecule has 0 N–H and O–H groups in total. The summed E-state index contributed by atoms with van der Waals surface area (Å²) in [4.78, 5) is 2.36. The standard InChI is InChI=1S/C8H17NO/c1-8(2,3)9-5-4-6-10-7-9/h4-7H2,1-3H3. The monoisotopic (exact) mass is 143 g/mol. The van der Waals surface area contributed by atoms with E-state index in [1.54, 1.807) is 0 Å². The molecule has 2 nitrogen and oxygen atoms in total. The zero-order valence-corrected chi connectivity index (χ0v) is 7.18. The second-order valence-electron chi connectivity index (χ2n) is 3.83. The largest absolute Gasteiger partial charge is 0.366 e. The minimum Gasteiger partial charge on any atom is -0.366 e. The summed E-state index contributed by atoms with van der Waals surface area (Å²) >= 11 is 0. The molecule has 60 valence electrons. The third kappa shape index (κ3) is 1.96. The van der Waals surface area contributed by atoms with Crippen LogP contribution >= 0.6 is 0 Å². The van der Waals surface area contributed by atoms with Crippen LogP contribution in [0.4, 0.5) is 0 Å². The van der Waals surface area contributed by atoms with E-state index in [1.807, 2.05) is 0 Å². The van der Waals surface area contributed by atoms with Gasteiger partial charge in [-0.05, 0) is 27.2 Å². The molecule has 1 aliphatic heterocycles. The maximum atomic E-state index is 5.33. The molecule has 1 saturated heterocycles. The number of hydrogen-bond acceptors (Lipinski definition) is 2. The quantitative estimate of drug-likeness (QED) is 0.509. The Balaban J connectivity index is 2.39.